The van der Waals surface area contributed by atoms with Crippen LogP contribution in [0.1, 0.15) is 6.92 Å². The number of rotatable bonds is 1. The van der Waals surface area contributed by atoms with Gasteiger partial charge in [0.25, 0.3) is 0 Å². The first kappa shape index (κ1) is 7.06. The van der Waals surface area contributed by atoms with Gasteiger partial charge < -0.3 is 0 Å². The van der Waals surface area contributed by atoms with Crippen LogP contribution in [0.2, 0.25) is 0 Å². The molecule has 0 bridgehead atoms. The summed E-state index contributed by atoms with van der Waals surface area (Å²) in [4.78, 5) is 0. The molecule has 0 radical (unpaired) electrons. The Kier molecular flexibility index (Phi) is 3.14. The highest BCUT2D eigenvalue weighted by atomic mass is 35.5. The first-order valence-electron chi connectivity index (χ1n) is 1.85. The van der Waals surface area contributed by atoms with Crippen molar-refractivity contribution >= 4 is 23.2 Å². The summed E-state index contributed by atoms with van der Waals surface area (Å²) in [5, 5.41) is 0.908. The topological polar surface area (TPSA) is 0 Å². The standard InChI is InChI=1S/C5H6Cl2/c1-3-5(7)4(2)6/h3H,2H2,1H3. The molecule has 0 aliphatic carbocycles. The molecule has 0 aromatic heterocycles. The minimum absolute atomic E-state index is 0.393. The van der Waals surface area contributed by atoms with E-state index in [-0.39, 0.29) is 0 Å². The van der Waals surface area contributed by atoms with Gasteiger partial charge in [-0.1, -0.05) is 35.9 Å². The Morgan fingerprint density at radius 1 is 1.57 bits per heavy atom. The van der Waals surface area contributed by atoms with E-state index in [1.807, 2.05) is 0 Å². The molecule has 40 valence electrons. The van der Waals surface area contributed by atoms with Gasteiger partial charge in [0.05, 0.1) is 10.1 Å². The van der Waals surface area contributed by atoms with E-state index >= 15 is 0 Å². The summed E-state index contributed by atoms with van der Waals surface area (Å²) in [6.45, 7) is 5.19. The Labute approximate surface area is 53.4 Å². The highest BCUT2D eigenvalue weighted by Crippen LogP contribution is 2.14. The fourth-order valence-electron chi connectivity index (χ4n) is 0.157. The third-order valence-corrected chi connectivity index (χ3v) is 1.26. The van der Waals surface area contributed by atoms with Crippen LogP contribution in [-0.4, -0.2) is 0 Å². The van der Waals surface area contributed by atoms with Gasteiger partial charge in [-0.15, -0.1) is 0 Å². The Bertz CT molecular complexity index is 103. The zero-order valence-corrected chi connectivity index (χ0v) is 5.55. The Morgan fingerprint density at radius 2 is 2.00 bits per heavy atom. The van der Waals surface area contributed by atoms with E-state index in [1.165, 1.54) is 0 Å². The van der Waals surface area contributed by atoms with Crippen molar-refractivity contribution in [3.63, 3.8) is 0 Å². The van der Waals surface area contributed by atoms with E-state index in [9.17, 15) is 0 Å². The molecule has 0 unspecified atom stereocenters. The molecule has 0 aromatic carbocycles. The number of hydrogen-bond acceptors (Lipinski definition) is 0. The summed E-state index contributed by atoms with van der Waals surface area (Å²) < 4.78 is 0. The highest BCUT2D eigenvalue weighted by Gasteiger charge is 1.87. The van der Waals surface area contributed by atoms with Gasteiger partial charge in [-0.2, -0.15) is 0 Å². The van der Waals surface area contributed by atoms with Crippen LogP contribution in [-0.2, 0) is 0 Å². The van der Waals surface area contributed by atoms with Crippen LogP contribution in [0.4, 0.5) is 0 Å². The lowest BCUT2D eigenvalue weighted by atomic mass is 10.5. The maximum Gasteiger partial charge on any atom is 0.0543 e. The van der Waals surface area contributed by atoms with E-state index in [0.29, 0.717) is 10.1 Å². The van der Waals surface area contributed by atoms with Crippen LogP contribution in [0.5, 0.6) is 0 Å². The van der Waals surface area contributed by atoms with Crippen molar-refractivity contribution in [3.05, 3.63) is 22.7 Å². The molecular formula is C5H6Cl2. The van der Waals surface area contributed by atoms with Crippen molar-refractivity contribution in [1.82, 2.24) is 0 Å². The van der Waals surface area contributed by atoms with Crippen LogP contribution in [0.15, 0.2) is 22.7 Å². The van der Waals surface area contributed by atoms with Gasteiger partial charge in [0, 0.05) is 0 Å². The Hall–Kier alpha value is 0.0600. The molecule has 0 fully saturated rings. The van der Waals surface area contributed by atoms with Crippen LogP contribution in [0, 0.1) is 0 Å². The van der Waals surface area contributed by atoms with Gasteiger partial charge in [0.2, 0.25) is 0 Å². The molecule has 0 aliphatic heterocycles. The molecule has 0 aliphatic rings. The second-order valence-corrected chi connectivity index (χ2v) is 1.90. The molecule has 0 aromatic rings. The first-order valence-corrected chi connectivity index (χ1v) is 2.60. The van der Waals surface area contributed by atoms with Gasteiger partial charge in [-0.25, -0.2) is 0 Å². The van der Waals surface area contributed by atoms with Crippen molar-refractivity contribution in [2.45, 2.75) is 6.92 Å². The first-order chi connectivity index (χ1) is 3.18. The monoisotopic (exact) mass is 136 g/mol. The predicted molar refractivity (Wildman–Crippen MR) is 34.6 cm³/mol. The van der Waals surface area contributed by atoms with Crippen LogP contribution < -0.4 is 0 Å². The number of halogens is 2. The summed E-state index contributed by atoms with van der Waals surface area (Å²) in [6, 6.07) is 0. The fraction of sp³-hybridized carbons (Fsp3) is 0.200. The summed E-state index contributed by atoms with van der Waals surface area (Å²) in [6.07, 6.45) is 1.69. The number of allylic oxidation sites excluding steroid dienone is 3. The summed E-state index contributed by atoms with van der Waals surface area (Å²) in [7, 11) is 0. The number of hydrogen-bond donors (Lipinski definition) is 0. The van der Waals surface area contributed by atoms with Crippen molar-refractivity contribution < 1.29 is 0 Å². The molecule has 2 heteroatoms. The second kappa shape index (κ2) is 3.11. The van der Waals surface area contributed by atoms with Gasteiger partial charge in [-0.3, -0.25) is 0 Å². The average molecular weight is 137 g/mol. The molecule has 0 heterocycles. The molecule has 0 rings (SSSR count). The van der Waals surface area contributed by atoms with Crippen molar-refractivity contribution in [3.8, 4) is 0 Å². The molecule has 0 spiro atoms. The molecule has 0 nitrogen and oxygen atoms in total. The van der Waals surface area contributed by atoms with E-state index in [2.05, 4.69) is 6.58 Å². The lowest BCUT2D eigenvalue weighted by Gasteiger charge is -1.85. The predicted octanol–water partition coefficient (Wildman–Crippen LogP) is 2.88. The summed E-state index contributed by atoms with van der Waals surface area (Å²) in [5.74, 6) is 0. The van der Waals surface area contributed by atoms with Gasteiger partial charge in [0.1, 0.15) is 0 Å². The highest BCUT2D eigenvalue weighted by molar-refractivity contribution is 6.43. The summed E-state index contributed by atoms with van der Waals surface area (Å²) in [5.41, 5.74) is 0. The molecule has 0 saturated carbocycles. The lowest BCUT2D eigenvalue weighted by Crippen LogP contribution is -1.62. The SMILES string of the molecule is C=C(Cl)C(Cl)=CC. The van der Waals surface area contributed by atoms with Crippen LogP contribution >= 0.6 is 23.2 Å². The third kappa shape index (κ3) is 2.72. The molecule has 0 amide bonds. The van der Waals surface area contributed by atoms with E-state index in [1.54, 1.807) is 13.0 Å². The van der Waals surface area contributed by atoms with Crippen molar-refractivity contribution in [1.29, 1.82) is 0 Å². The minimum Gasteiger partial charge on any atom is -0.0834 e. The van der Waals surface area contributed by atoms with E-state index in [0.717, 1.165) is 0 Å². The van der Waals surface area contributed by atoms with E-state index in [4.69, 9.17) is 23.2 Å². The van der Waals surface area contributed by atoms with Gasteiger partial charge in [-0.05, 0) is 6.92 Å². The van der Waals surface area contributed by atoms with Gasteiger partial charge in [0.15, 0.2) is 0 Å². The van der Waals surface area contributed by atoms with E-state index < -0.39 is 0 Å². The van der Waals surface area contributed by atoms with Crippen LogP contribution in [0.25, 0.3) is 0 Å². The second-order valence-electron chi connectivity index (χ2n) is 1.04. The smallest absolute Gasteiger partial charge is 0.0543 e. The van der Waals surface area contributed by atoms with Crippen molar-refractivity contribution in [2.24, 2.45) is 0 Å². The fourth-order valence-corrected chi connectivity index (χ4v) is 0.266. The molecular weight excluding hydrogens is 131 g/mol. The van der Waals surface area contributed by atoms with Crippen molar-refractivity contribution in [2.75, 3.05) is 0 Å². The maximum atomic E-state index is 5.43. The molecule has 0 N–H and O–H groups in total. The van der Waals surface area contributed by atoms with Crippen LogP contribution in [0.3, 0.4) is 0 Å². The zero-order valence-electron chi connectivity index (χ0n) is 4.04. The summed E-state index contributed by atoms with van der Waals surface area (Å²) >= 11 is 10.8. The molecule has 7 heavy (non-hydrogen) atoms. The minimum atomic E-state index is 0.393. The normalized spacial score (nSPS) is 11.6. The Balaban J connectivity index is 3.82. The molecule has 0 atom stereocenters. The van der Waals surface area contributed by atoms with Gasteiger partial charge >= 0.3 is 0 Å². The molecule has 0 saturated heterocycles. The Morgan fingerprint density at radius 3 is 2.00 bits per heavy atom. The maximum absolute atomic E-state index is 5.43. The zero-order chi connectivity index (χ0) is 5.86. The average Bonchev–Trinajstić information content (AvgIpc) is 1.65. The third-order valence-electron chi connectivity index (χ3n) is 0.513. The quantitative estimate of drug-likeness (QED) is 0.487. The lowest BCUT2D eigenvalue weighted by molar-refractivity contribution is 1.69. The largest absolute Gasteiger partial charge is 0.0834 e.